The van der Waals surface area contributed by atoms with Gasteiger partial charge in [-0.3, -0.25) is 19.9 Å². The molecule has 0 aliphatic rings. The van der Waals surface area contributed by atoms with Crippen molar-refractivity contribution in [3.8, 4) is 5.75 Å². The Hall–Kier alpha value is -2.74. The number of esters is 1. The van der Waals surface area contributed by atoms with E-state index in [1.54, 1.807) is 12.1 Å². The van der Waals surface area contributed by atoms with E-state index in [4.69, 9.17) is 14.6 Å². The number of nitro benzene ring substituents is 1. The molecule has 140 valence electrons. The zero-order chi connectivity index (χ0) is 18.8. The number of aliphatic hydroxyl groups excluding tert-OH is 1. The number of unbranched alkanes of at least 4 members (excludes halogenated alkanes) is 4. The van der Waals surface area contributed by atoms with Crippen LogP contribution in [0, 0.1) is 10.1 Å². The van der Waals surface area contributed by atoms with Crippen LogP contribution in [0.15, 0.2) is 30.5 Å². The molecule has 0 aliphatic carbocycles. The van der Waals surface area contributed by atoms with Crippen molar-refractivity contribution in [1.29, 1.82) is 0 Å². The molecule has 1 heterocycles. The number of aromatic nitrogens is 1. The molecule has 0 unspecified atom stereocenters. The summed E-state index contributed by atoms with van der Waals surface area (Å²) in [4.78, 5) is 26.4. The molecule has 1 aromatic carbocycles. The minimum Gasteiger partial charge on any atom is -0.455 e. The molecule has 0 aliphatic heterocycles. The van der Waals surface area contributed by atoms with E-state index in [0.29, 0.717) is 23.1 Å². The Kier molecular flexibility index (Phi) is 7.75. The third-order valence-corrected chi connectivity index (χ3v) is 3.88. The predicted molar refractivity (Wildman–Crippen MR) is 94.8 cm³/mol. The van der Waals surface area contributed by atoms with Crippen molar-refractivity contribution in [3.63, 3.8) is 0 Å². The van der Waals surface area contributed by atoms with Crippen molar-refractivity contribution in [3.05, 3.63) is 40.6 Å². The molecule has 0 spiro atoms. The molecular formula is C18H22N2O6. The largest absolute Gasteiger partial charge is 0.455 e. The molecule has 2 aromatic rings. The lowest BCUT2D eigenvalue weighted by Gasteiger charge is -2.09. The summed E-state index contributed by atoms with van der Waals surface area (Å²) in [5.74, 6) is -0.0330. The summed E-state index contributed by atoms with van der Waals surface area (Å²) in [5, 5.41) is 20.1. The number of fused-ring (bicyclic) bond motifs is 1. The van der Waals surface area contributed by atoms with Crippen LogP contribution in [0.5, 0.6) is 5.75 Å². The van der Waals surface area contributed by atoms with Gasteiger partial charge in [-0.05, 0) is 31.0 Å². The molecule has 1 N–H and O–H groups in total. The first-order chi connectivity index (χ1) is 12.6. The van der Waals surface area contributed by atoms with Crippen LogP contribution in [0.4, 0.5) is 5.69 Å². The molecule has 0 saturated heterocycles. The topological polar surface area (TPSA) is 112 Å². The average Bonchev–Trinajstić information content (AvgIpc) is 2.64. The number of benzene rings is 1. The van der Waals surface area contributed by atoms with Gasteiger partial charge >= 0.3 is 5.97 Å². The van der Waals surface area contributed by atoms with Gasteiger partial charge in [-0.15, -0.1) is 0 Å². The first-order valence-electron chi connectivity index (χ1n) is 8.55. The van der Waals surface area contributed by atoms with Crippen LogP contribution >= 0.6 is 0 Å². The fourth-order valence-corrected chi connectivity index (χ4v) is 2.55. The number of hydrogen-bond donors (Lipinski definition) is 1. The summed E-state index contributed by atoms with van der Waals surface area (Å²) in [6.07, 6.45) is 6.18. The highest BCUT2D eigenvalue weighted by Gasteiger charge is 2.16. The third kappa shape index (κ3) is 5.66. The normalized spacial score (nSPS) is 10.7. The molecule has 0 fully saturated rings. The van der Waals surface area contributed by atoms with Crippen LogP contribution in [0.1, 0.15) is 38.5 Å². The second kappa shape index (κ2) is 10.3. The van der Waals surface area contributed by atoms with Gasteiger partial charge in [0.05, 0.1) is 10.3 Å². The molecular weight excluding hydrogens is 340 g/mol. The van der Waals surface area contributed by atoms with E-state index < -0.39 is 4.92 Å². The Morgan fingerprint density at radius 2 is 1.92 bits per heavy atom. The van der Waals surface area contributed by atoms with Crippen LogP contribution in [0.25, 0.3) is 10.9 Å². The van der Waals surface area contributed by atoms with E-state index in [1.165, 1.54) is 18.3 Å². The van der Waals surface area contributed by atoms with Gasteiger partial charge in [0.1, 0.15) is 11.3 Å². The van der Waals surface area contributed by atoms with Crippen LogP contribution in [-0.2, 0) is 9.53 Å². The molecule has 0 saturated carbocycles. The smallest absolute Gasteiger partial charge is 0.308 e. The molecule has 0 amide bonds. The molecule has 8 nitrogen and oxygen atoms in total. The van der Waals surface area contributed by atoms with Gasteiger partial charge in [-0.1, -0.05) is 19.3 Å². The van der Waals surface area contributed by atoms with Gasteiger partial charge in [0.25, 0.3) is 5.69 Å². The van der Waals surface area contributed by atoms with Crippen molar-refractivity contribution < 1.29 is 24.3 Å². The Labute approximate surface area is 150 Å². The lowest BCUT2D eigenvalue weighted by molar-refractivity contribution is -0.383. The van der Waals surface area contributed by atoms with E-state index in [-0.39, 0.29) is 25.1 Å². The summed E-state index contributed by atoms with van der Waals surface area (Å²) in [6, 6.07) is 5.99. The Morgan fingerprint density at radius 1 is 1.15 bits per heavy atom. The fraction of sp³-hybridized carbons (Fsp3) is 0.444. The lowest BCUT2D eigenvalue weighted by Crippen LogP contribution is -2.10. The van der Waals surface area contributed by atoms with E-state index in [0.717, 1.165) is 32.1 Å². The number of ether oxygens (including phenoxy) is 2. The second-order valence-electron chi connectivity index (χ2n) is 5.76. The number of non-ortho nitro benzene ring substituents is 1. The molecule has 0 bridgehead atoms. The van der Waals surface area contributed by atoms with Gasteiger partial charge < -0.3 is 14.6 Å². The highest BCUT2D eigenvalue weighted by molar-refractivity contribution is 5.92. The van der Waals surface area contributed by atoms with E-state index in [1.807, 2.05) is 0 Å². The average molecular weight is 362 g/mol. The molecule has 0 atom stereocenters. The highest BCUT2D eigenvalue weighted by Crippen LogP contribution is 2.31. The summed E-state index contributed by atoms with van der Waals surface area (Å²) in [5.41, 5.74) is 0.292. The van der Waals surface area contributed by atoms with E-state index in [2.05, 4.69) is 4.98 Å². The minimum atomic E-state index is -0.478. The number of carbonyl (C=O) groups is 1. The van der Waals surface area contributed by atoms with Crippen LogP contribution in [-0.4, -0.2) is 34.4 Å². The van der Waals surface area contributed by atoms with Gasteiger partial charge in [0, 0.05) is 25.3 Å². The van der Waals surface area contributed by atoms with Gasteiger partial charge in [-0.25, -0.2) is 0 Å². The number of hydrogen-bond acceptors (Lipinski definition) is 7. The van der Waals surface area contributed by atoms with Gasteiger partial charge in [-0.2, -0.15) is 0 Å². The van der Waals surface area contributed by atoms with E-state index >= 15 is 0 Å². The quantitative estimate of drug-likeness (QED) is 0.214. The minimum absolute atomic E-state index is 0.0568. The maximum Gasteiger partial charge on any atom is 0.308 e. The van der Waals surface area contributed by atoms with Crippen molar-refractivity contribution in [1.82, 2.24) is 4.98 Å². The van der Waals surface area contributed by atoms with Crippen molar-refractivity contribution in [2.45, 2.75) is 38.5 Å². The SMILES string of the molecule is O=C(CCCCCCCO)OCOc1ccc([N+](=O)[O-])c2cccnc12. The highest BCUT2D eigenvalue weighted by atomic mass is 16.7. The van der Waals surface area contributed by atoms with E-state index in [9.17, 15) is 14.9 Å². The monoisotopic (exact) mass is 362 g/mol. The summed E-state index contributed by atoms with van der Waals surface area (Å²) >= 11 is 0. The van der Waals surface area contributed by atoms with Crippen LogP contribution < -0.4 is 4.74 Å². The maximum absolute atomic E-state index is 11.7. The number of aliphatic hydroxyl groups is 1. The molecule has 1 aromatic heterocycles. The Morgan fingerprint density at radius 3 is 2.69 bits per heavy atom. The lowest BCUT2D eigenvalue weighted by atomic mass is 10.1. The second-order valence-corrected chi connectivity index (χ2v) is 5.76. The number of rotatable bonds is 11. The molecule has 0 radical (unpaired) electrons. The third-order valence-electron chi connectivity index (χ3n) is 3.88. The van der Waals surface area contributed by atoms with Crippen molar-refractivity contribution in [2.24, 2.45) is 0 Å². The van der Waals surface area contributed by atoms with Crippen molar-refractivity contribution >= 4 is 22.6 Å². The standard InChI is InChI=1S/C18H22N2O6/c21-12-5-3-1-2-4-8-17(22)26-13-25-16-10-9-15(20(23)24)14-7-6-11-19-18(14)16/h6-7,9-11,21H,1-5,8,12-13H2. The number of nitrogens with zero attached hydrogens (tertiary/aromatic N) is 2. The zero-order valence-corrected chi connectivity index (χ0v) is 14.4. The summed E-state index contributed by atoms with van der Waals surface area (Å²) < 4.78 is 10.5. The number of carbonyl (C=O) groups excluding carboxylic acids is 1. The number of pyridine rings is 1. The summed E-state index contributed by atoms with van der Waals surface area (Å²) in [6.45, 7) is -0.0710. The van der Waals surface area contributed by atoms with Crippen molar-refractivity contribution in [2.75, 3.05) is 13.4 Å². The Bertz CT molecular complexity index is 750. The zero-order valence-electron chi connectivity index (χ0n) is 14.4. The summed E-state index contributed by atoms with van der Waals surface area (Å²) in [7, 11) is 0. The van der Waals surface area contributed by atoms with Gasteiger partial charge in [0.2, 0.25) is 6.79 Å². The van der Waals surface area contributed by atoms with Crippen LogP contribution in [0.2, 0.25) is 0 Å². The predicted octanol–water partition coefficient (Wildman–Crippen LogP) is 3.36. The molecule has 2 rings (SSSR count). The molecule has 8 heteroatoms. The van der Waals surface area contributed by atoms with Crippen LogP contribution in [0.3, 0.4) is 0 Å². The molecule has 26 heavy (non-hydrogen) atoms. The first kappa shape index (κ1) is 19.6. The Balaban J connectivity index is 1.82. The fourth-order valence-electron chi connectivity index (χ4n) is 2.55. The first-order valence-corrected chi connectivity index (χ1v) is 8.55. The maximum atomic E-state index is 11.7. The number of nitro groups is 1. The van der Waals surface area contributed by atoms with Gasteiger partial charge in [0.15, 0.2) is 0 Å².